The number of nitrogens with zero attached hydrogens (tertiary/aromatic N) is 6. The summed E-state index contributed by atoms with van der Waals surface area (Å²) < 4.78 is 3.46. The number of amides is 1. The van der Waals surface area contributed by atoms with Crippen LogP contribution in [0.4, 0.5) is 5.69 Å². The number of hydrogen-bond acceptors (Lipinski definition) is 5. The van der Waals surface area contributed by atoms with Crippen LogP contribution in [0.15, 0.2) is 42.7 Å². The largest absolute Gasteiger partial charge is 0.318 e. The van der Waals surface area contributed by atoms with Gasteiger partial charge in [0.25, 0.3) is 5.91 Å². The average Bonchev–Trinajstić information content (AvgIpc) is 3.32. The van der Waals surface area contributed by atoms with E-state index in [0.717, 1.165) is 11.0 Å². The Balaban J connectivity index is 1.65. The van der Waals surface area contributed by atoms with Crippen molar-refractivity contribution in [1.82, 2.24) is 29.5 Å². The van der Waals surface area contributed by atoms with E-state index in [1.807, 2.05) is 56.6 Å². The van der Waals surface area contributed by atoms with Crippen LogP contribution >= 0.6 is 11.6 Å². The van der Waals surface area contributed by atoms with E-state index in [4.69, 9.17) is 11.6 Å². The fourth-order valence-corrected chi connectivity index (χ4v) is 3.38. The minimum atomic E-state index is -0.417. The van der Waals surface area contributed by atoms with E-state index in [1.165, 1.54) is 0 Å². The van der Waals surface area contributed by atoms with E-state index >= 15 is 0 Å². The van der Waals surface area contributed by atoms with Crippen molar-refractivity contribution >= 4 is 34.2 Å². The molecule has 0 radical (unpaired) electrons. The van der Waals surface area contributed by atoms with Gasteiger partial charge >= 0.3 is 0 Å². The van der Waals surface area contributed by atoms with Crippen molar-refractivity contribution in [2.24, 2.45) is 0 Å². The number of pyridine rings is 1. The molecule has 8 nitrogen and oxygen atoms in total. The number of halogens is 1. The van der Waals surface area contributed by atoms with Crippen LogP contribution in [0.5, 0.6) is 0 Å². The van der Waals surface area contributed by atoms with Gasteiger partial charge in [-0.2, -0.15) is 5.10 Å². The Morgan fingerprint density at radius 1 is 1.13 bits per heavy atom. The standard InChI is InChI=1S/C21H22ClN7O/c1-12(2)19-26-18(27-29(19)17-8-6-5-7-16(17)22)21(30)25-15-9-14-10-24-28(13(3)4)20(14)23-11-15/h5-13H,1-4H3,(H,25,30). The quantitative estimate of drug-likeness (QED) is 0.505. The Kier molecular flexibility index (Phi) is 5.26. The minimum Gasteiger partial charge on any atom is -0.318 e. The summed E-state index contributed by atoms with van der Waals surface area (Å²) in [5, 5.41) is 13.0. The molecule has 9 heteroatoms. The molecule has 0 fully saturated rings. The monoisotopic (exact) mass is 423 g/mol. The average molecular weight is 424 g/mol. The fourth-order valence-electron chi connectivity index (χ4n) is 3.17. The molecule has 30 heavy (non-hydrogen) atoms. The Labute approximate surface area is 178 Å². The number of para-hydroxylation sites is 1. The predicted molar refractivity (Wildman–Crippen MR) is 116 cm³/mol. The third kappa shape index (κ3) is 3.66. The van der Waals surface area contributed by atoms with Gasteiger partial charge in [-0.25, -0.2) is 19.3 Å². The van der Waals surface area contributed by atoms with E-state index in [0.29, 0.717) is 22.2 Å². The van der Waals surface area contributed by atoms with Crippen molar-refractivity contribution in [3.63, 3.8) is 0 Å². The lowest BCUT2D eigenvalue weighted by atomic mass is 10.2. The molecule has 0 saturated heterocycles. The van der Waals surface area contributed by atoms with Crippen LogP contribution in [0.3, 0.4) is 0 Å². The van der Waals surface area contributed by atoms with Crippen LogP contribution in [0.25, 0.3) is 16.7 Å². The van der Waals surface area contributed by atoms with E-state index in [-0.39, 0.29) is 17.8 Å². The highest BCUT2D eigenvalue weighted by Crippen LogP contribution is 2.24. The number of fused-ring (bicyclic) bond motifs is 1. The second-order valence-corrected chi connectivity index (χ2v) is 7.99. The first-order valence-corrected chi connectivity index (χ1v) is 10.1. The van der Waals surface area contributed by atoms with Crippen molar-refractivity contribution < 1.29 is 4.79 Å². The van der Waals surface area contributed by atoms with Gasteiger partial charge < -0.3 is 5.32 Å². The smallest absolute Gasteiger partial charge is 0.295 e. The number of aromatic nitrogens is 6. The summed E-state index contributed by atoms with van der Waals surface area (Å²) >= 11 is 6.33. The highest BCUT2D eigenvalue weighted by molar-refractivity contribution is 6.32. The molecule has 154 valence electrons. The first-order chi connectivity index (χ1) is 14.3. The fraction of sp³-hybridized carbons (Fsp3) is 0.286. The first-order valence-electron chi connectivity index (χ1n) is 9.71. The molecule has 3 heterocycles. The number of anilines is 1. The van der Waals surface area contributed by atoms with Crippen LogP contribution < -0.4 is 5.32 Å². The molecule has 3 aromatic heterocycles. The molecule has 0 spiro atoms. The van der Waals surface area contributed by atoms with Crippen molar-refractivity contribution in [2.45, 2.75) is 39.7 Å². The Morgan fingerprint density at radius 3 is 2.60 bits per heavy atom. The molecular weight excluding hydrogens is 402 g/mol. The lowest BCUT2D eigenvalue weighted by Gasteiger charge is -2.09. The van der Waals surface area contributed by atoms with E-state index in [9.17, 15) is 4.79 Å². The zero-order chi connectivity index (χ0) is 21.4. The number of carbonyl (C=O) groups is 1. The Morgan fingerprint density at radius 2 is 1.90 bits per heavy atom. The summed E-state index contributed by atoms with van der Waals surface area (Å²) in [4.78, 5) is 21.7. The summed E-state index contributed by atoms with van der Waals surface area (Å²) in [5.74, 6) is 0.354. The lowest BCUT2D eigenvalue weighted by molar-refractivity contribution is 0.101. The van der Waals surface area contributed by atoms with Crippen molar-refractivity contribution in [3.8, 4) is 5.69 Å². The van der Waals surface area contributed by atoms with E-state index in [2.05, 4.69) is 25.5 Å². The lowest BCUT2D eigenvalue weighted by Crippen LogP contribution is -2.14. The maximum Gasteiger partial charge on any atom is 0.295 e. The van der Waals surface area contributed by atoms with Crippen LogP contribution in [0.1, 0.15) is 56.1 Å². The van der Waals surface area contributed by atoms with Gasteiger partial charge in [0.2, 0.25) is 5.82 Å². The van der Waals surface area contributed by atoms with Gasteiger partial charge in [-0.1, -0.05) is 37.6 Å². The van der Waals surface area contributed by atoms with Gasteiger partial charge in [0, 0.05) is 17.3 Å². The summed E-state index contributed by atoms with van der Waals surface area (Å²) in [7, 11) is 0. The third-order valence-corrected chi connectivity index (χ3v) is 4.93. The first kappa shape index (κ1) is 20.0. The van der Waals surface area contributed by atoms with Crippen LogP contribution in [0, 0.1) is 0 Å². The van der Waals surface area contributed by atoms with Crippen molar-refractivity contribution in [2.75, 3.05) is 5.32 Å². The van der Waals surface area contributed by atoms with Gasteiger partial charge in [0.1, 0.15) is 5.82 Å². The molecule has 0 aliphatic carbocycles. The maximum atomic E-state index is 12.8. The Bertz CT molecular complexity index is 1230. The molecule has 4 aromatic rings. The topological polar surface area (TPSA) is 90.5 Å². The molecule has 0 aliphatic heterocycles. The third-order valence-electron chi connectivity index (χ3n) is 4.61. The van der Waals surface area contributed by atoms with Crippen LogP contribution in [-0.4, -0.2) is 35.4 Å². The summed E-state index contributed by atoms with van der Waals surface area (Å²) in [6, 6.07) is 9.36. The number of rotatable bonds is 5. The maximum absolute atomic E-state index is 12.8. The second-order valence-electron chi connectivity index (χ2n) is 7.59. The molecule has 1 N–H and O–H groups in total. The van der Waals surface area contributed by atoms with E-state index in [1.54, 1.807) is 23.1 Å². The zero-order valence-corrected chi connectivity index (χ0v) is 17.9. The summed E-state index contributed by atoms with van der Waals surface area (Å²) in [6.07, 6.45) is 3.34. The number of hydrogen-bond donors (Lipinski definition) is 1. The number of carbonyl (C=O) groups excluding carboxylic acids is 1. The predicted octanol–water partition coefficient (Wildman–Crippen LogP) is 4.62. The van der Waals surface area contributed by atoms with Gasteiger partial charge in [0.05, 0.1) is 28.8 Å². The molecule has 1 aromatic carbocycles. The van der Waals surface area contributed by atoms with Crippen molar-refractivity contribution in [1.29, 1.82) is 0 Å². The van der Waals surface area contributed by atoms with E-state index < -0.39 is 5.91 Å². The molecule has 0 aliphatic rings. The van der Waals surface area contributed by atoms with Crippen molar-refractivity contribution in [3.05, 3.63) is 59.4 Å². The normalized spacial score (nSPS) is 11.6. The molecule has 0 saturated carbocycles. The highest BCUT2D eigenvalue weighted by atomic mass is 35.5. The molecule has 0 unspecified atom stereocenters. The summed E-state index contributed by atoms with van der Waals surface area (Å²) in [6.45, 7) is 8.06. The van der Waals surface area contributed by atoms with Gasteiger partial charge in [-0.05, 0) is 32.0 Å². The van der Waals surface area contributed by atoms with Gasteiger partial charge in [-0.15, -0.1) is 5.10 Å². The minimum absolute atomic E-state index is 0.0511. The highest BCUT2D eigenvalue weighted by Gasteiger charge is 2.21. The molecule has 0 bridgehead atoms. The molecule has 4 rings (SSSR count). The molecular formula is C21H22ClN7O. The molecule has 1 amide bonds. The number of nitrogens with one attached hydrogen (secondary N) is 1. The SMILES string of the molecule is CC(C)c1nc(C(=O)Nc2cnc3c(cnn3C(C)C)c2)nn1-c1ccccc1Cl. The van der Waals surface area contributed by atoms with Crippen LogP contribution in [-0.2, 0) is 0 Å². The number of benzene rings is 1. The Hall–Kier alpha value is -3.26. The van der Waals surface area contributed by atoms with Crippen LogP contribution in [0.2, 0.25) is 5.02 Å². The summed E-state index contributed by atoms with van der Waals surface area (Å²) in [5.41, 5.74) is 2.00. The zero-order valence-electron chi connectivity index (χ0n) is 17.2. The molecule has 0 atom stereocenters. The second kappa shape index (κ2) is 7.87. The van der Waals surface area contributed by atoms with Gasteiger partial charge in [0.15, 0.2) is 5.65 Å². The van der Waals surface area contributed by atoms with Gasteiger partial charge in [-0.3, -0.25) is 4.79 Å².